The predicted molar refractivity (Wildman–Crippen MR) is 90.1 cm³/mol. The van der Waals surface area contributed by atoms with Gasteiger partial charge in [-0.3, -0.25) is 4.99 Å². The van der Waals surface area contributed by atoms with Gasteiger partial charge in [0.2, 0.25) is 0 Å². The highest BCUT2D eigenvalue weighted by Gasteiger charge is 2.16. The van der Waals surface area contributed by atoms with Gasteiger partial charge in [0.1, 0.15) is 0 Å². The lowest BCUT2D eigenvalue weighted by atomic mass is 9.97. The molecule has 1 aromatic rings. The summed E-state index contributed by atoms with van der Waals surface area (Å²) in [5, 5.41) is 8.01. The standard InChI is InChI=1S/C15H27N5S/c1-12-10-18-14(21-12)4-7-17-15(16-2)19-11-13-5-8-20(3)9-6-13/h10,13H,4-9,11H2,1-3H3,(H2,16,17,19). The Morgan fingerprint density at radius 3 is 2.81 bits per heavy atom. The molecule has 0 radical (unpaired) electrons. The highest BCUT2D eigenvalue weighted by Crippen LogP contribution is 2.14. The molecule has 1 aromatic heterocycles. The number of piperidine rings is 1. The zero-order chi connectivity index (χ0) is 15.1. The second-order valence-corrected chi connectivity index (χ2v) is 7.06. The van der Waals surface area contributed by atoms with Gasteiger partial charge in [-0.25, -0.2) is 4.98 Å². The molecule has 2 N–H and O–H groups in total. The number of aryl methyl sites for hydroxylation is 1. The molecular weight excluding hydrogens is 282 g/mol. The quantitative estimate of drug-likeness (QED) is 0.639. The van der Waals surface area contributed by atoms with Crippen molar-refractivity contribution in [3.05, 3.63) is 16.1 Å². The van der Waals surface area contributed by atoms with Crippen LogP contribution >= 0.6 is 11.3 Å². The molecule has 1 aliphatic heterocycles. The van der Waals surface area contributed by atoms with E-state index >= 15 is 0 Å². The van der Waals surface area contributed by atoms with Gasteiger partial charge in [-0.05, 0) is 45.8 Å². The second-order valence-electron chi connectivity index (χ2n) is 5.74. The molecule has 0 aromatic carbocycles. The van der Waals surface area contributed by atoms with Crippen molar-refractivity contribution in [2.24, 2.45) is 10.9 Å². The van der Waals surface area contributed by atoms with Gasteiger partial charge in [0.25, 0.3) is 0 Å². The van der Waals surface area contributed by atoms with E-state index in [1.165, 1.54) is 35.8 Å². The Kier molecular flexibility index (Phi) is 6.45. The third-order valence-electron chi connectivity index (χ3n) is 3.92. The van der Waals surface area contributed by atoms with Gasteiger partial charge in [0.15, 0.2) is 5.96 Å². The Bertz CT molecular complexity index is 449. The number of thiazole rings is 1. The minimum absolute atomic E-state index is 0.765. The summed E-state index contributed by atoms with van der Waals surface area (Å²) in [5.41, 5.74) is 0. The highest BCUT2D eigenvalue weighted by atomic mass is 32.1. The molecule has 1 fully saturated rings. The zero-order valence-corrected chi connectivity index (χ0v) is 14.2. The van der Waals surface area contributed by atoms with Crippen molar-refractivity contribution in [1.82, 2.24) is 20.5 Å². The topological polar surface area (TPSA) is 52.6 Å². The molecule has 2 heterocycles. The number of guanidine groups is 1. The first-order valence-corrected chi connectivity index (χ1v) is 8.53. The molecule has 1 saturated heterocycles. The van der Waals surface area contributed by atoms with Crippen LogP contribution in [0.3, 0.4) is 0 Å². The van der Waals surface area contributed by atoms with Crippen LogP contribution in [0.4, 0.5) is 0 Å². The number of hydrogen-bond donors (Lipinski definition) is 2. The third-order valence-corrected chi connectivity index (χ3v) is 4.89. The van der Waals surface area contributed by atoms with Crippen LogP contribution in [-0.2, 0) is 6.42 Å². The van der Waals surface area contributed by atoms with Crippen LogP contribution in [0, 0.1) is 12.8 Å². The van der Waals surface area contributed by atoms with E-state index in [2.05, 4.69) is 39.5 Å². The fourth-order valence-corrected chi connectivity index (χ4v) is 3.32. The van der Waals surface area contributed by atoms with Crippen LogP contribution in [0.1, 0.15) is 22.7 Å². The predicted octanol–water partition coefficient (Wildman–Crippen LogP) is 1.50. The number of aliphatic imine (C=N–C) groups is 1. The second kappa shape index (κ2) is 8.34. The van der Waals surface area contributed by atoms with Crippen molar-refractivity contribution in [2.45, 2.75) is 26.2 Å². The summed E-state index contributed by atoms with van der Waals surface area (Å²) in [6.07, 6.45) is 5.44. The van der Waals surface area contributed by atoms with E-state index in [0.29, 0.717) is 0 Å². The average Bonchev–Trinajstić information content (AvgIpc) is 2.90. The largest absolute Gasteiger partial charge is 0.356 e. The van der Waals surface area contributed by atoms with Crippen LogP contribution in [0.15, 0.2) is 11.2 Å². The number of likely N-dealkylation sites (tertiary alicyclic amines) is 1. The van der Waals surface area contributed by atoms with Gasteiger partial charge in [0.05, 0.1) is 5.01 Å². The van der Waals surface area contributed by atoms with Crippen LogP contribution in [0.25, 0.3) is 0 Å². The Morgan fingerprint density at radius 1 is 1.43 bits per heavy atom. The molecule has 118 valence electrons. The monoisotopic (exact) mass is 309 g/mol. The van der Waals surface area contributed by atoms with Crippen LogP contribution in [0.2, 0.25) is 0 Å². The van der Waals surface area contributed by atoms with E-state index in [4.69, 9.17) is 0 Å². The van der Waals surface area contributed by atoms with Crippen molar-refractivity contribution < 1.29 is 0 Å². The molecule has 0 atom stereocenters. The van der Waals surface area contributed by atoms with Gasteiger partial charge in [0, 0.05) is 37.6 Å². The molecule has 0 bridgehead atoms. The zero-order valence-electron chi connectivity index (χ0n) is 13.4. The van der Waals surface area contributed by atoms with Crippen molar-refractivity contribution in [2.75, 3.05) is 40.3 Å². The lowest BCUT2D eigenvalue weighted by Crippen LogP contribution is -2.42. The number of rotatable bonds is 5. The number of aromatic nitrogens is 1. The van der Waals surface area contributed by atoms with E-state index in [1.807, 2.05) is 13.2 Å². The van der Waals surface area contributed by atoms with Crippen LogP contribution in [-0.4, -0.2) is 56.1 Å². The lowest BCUT2D eigenvalue weighted by molar-refractivity contribution is 0.220. The number of nitrogens with one attached hydrogen (secondary N) is 2. The summed E-state index contributed by atoms with van der Waals surface area (Å²) in [6, 6.07) is 0. The summed E-state index contributed by atoms with van der Waals surface area (Å²) in [5.74, 6) is 1.67. The molecule has 5 nitrogen and oxygen atoms in total. The van der Waals surface area contributed by atoms with Crippen molar-refractivity contribution in [1.29, 1.82) is 0 Å². The molecule has 0 spiro atoms. The highest BCUT2D eigenvalue weighted by molar-refractivity contribution is 7.11. The molecule has 6 heteroatoms. The van der Waals surface area contributed by atoms with E-state index in [1.54, 1.807) is 11.3 Å². The maximum atomic E-state index is 4.38. The maximum absolute atomic E-state index is 4.38. The molecule has 0 aliphatic carbocycles. The first kappa shape index (κ1) is 16.2. The smallest absolute Gasteiger partial charge is 0.190 e. The lowest BCUT2D eigenvalue weighted by Gasteiger charge is -2.29. The van der Waals surface area contributed by atoms with Crippen LogP contribution < -0.4 is 10.6 Å². The van der Waals surface area contributed by atoms with Crippen molar-refractivity contribution >= 4 is 17.3 Å². The van der Waals surface area contributed by atoms with Crippen molar-refractivity contribution in [3.8, 4) is 0 Å². The summed E-state index contributed by atoms with van der Waals surface area (Å²) < 4.78 is 0. The third kappa shape index (κ3) is 5.63. The summed E-state index contributed by atoms with van der Waals surface area (Å²) in [6.45, 7) is 6.41. The molecule has 1 aliphatic rings. The van der Waals surface area contributed by atoms with Crippen molar-refractivity contribution in [3.63, 3.8) is 0 Å². The Hall–Kier alpha value is -1.14. The van der Waals surface area contributed by atoms with E-state index < -0.39 is 0 Å². The summed E-state index contributed by atoms with van der Waals surface area (Å²) in [7, 11) is 4.03. The van der Waals surface area contributed by atoms with Gasteiger partial charge in [-0.1, -0.05) is 0 Å². The minimum atomic E-state index is 0.765. The molecule has 0 unspecified atom stereocenters. The molecular formula is C15H27N5S. The maximum Gasteiger partial charge on any atom is 0.190 e. The first-order chi connectivity index (χ1) is 10.2. The van der Waals surface area contributed by atoms with E-state index in [9.17, 15) is 0 Å². The summed E-state index contributed by atoms with van der Waals surface area (Å²) >= 11 is 1.77. The molecule has 21 heavy (non-hydrogen) atoms. The molecule has 0 amide bonds. The normalized spacial score (nSPS) is 18.0. The van der Waals surface area contributed by atoms with Gasteiger partial charge >= 0.3 is 0 Å². The summed E-state index contributed by atoms with van der Waals surface area (Å²) in [4.78, 5) is 12.3. The Morgan fingerprint density at radius 2 is 2.19 bits per heavy atom. The Balaban J connectivity index is 1.64. The number of nitrogens with zero attached hydrogens (tertiary/aromatic N) is 3. The fraction of sp³-hybridized carbons (Fsp3) is 0.733. The van der Waals surface area contributed by atoms with E-state index in [-0.39, 0.29) is 0 Å². The van der Waals surface area contributed by atoms with Gasteiger partial charge in [-0.2, -0.15) is 0 Å². The van der Waals surface area contributed by atoms with Gasteiger partial charge in [-0.15, -0.1) is 11.3 Å². The van der Waals surface area contributed by atoms with Gasteiger partial charge < -0.3 is 15.5 Å². The average molecular weight is 309 g/mol. The SMILES string of the molecule is CN=C(NCCc1ncc(C)s1)NCC1CCN(C)CC1. The fourth-order valence-electron chi connectivity index (χ4n) is 2.53. The Labute approximate surface area is 131 Å². The molecule has 2 rings (SSSR count). The van der Waals surface area contributed by atoms with E-state index in [0.717, 1.165) is 31.4 Å². The molecule has 0 saturated carbocycles. The van der Waals surface area contributed by atoms with Crippen LogP contribution in [0.5, 0.6) is 0 Å². The minimum Gasteiger partial charge on any atom is -0.356 e. The first-order valence-electron chi connectivity index (χ1n) is 7.71. The number of hydrogen-bond acceptors (Lipinski definition) is 4.